The maximum Gasteiger partial charge on any atom is 0.255 e. The van der Waals surface area contributed by atoms with E-state index in [0.717, 1.165) is 0 Å². The van der Waals surface area contributed by atoms with Gasteiger partial charge in [0.05, 0.1) is 46.1 Å². The molecule has 11 nitrogen and oxygen atoms in total. The van der Waals surface area contributed by atoms with Crippen LogP contribution in [-0.2, 0) is 0 Å². The summed E-state index contributed by atoms with van der Waals surface area (Å²) in [5.74, 6) is 2.60. The second-order valence-corrected chi connectivity index (χ2v) is 7.18. The second-order valence-electron chi connectivity index (χ2n) is 7.18. The molecule has 0 saturated heterocycles. The molecule has 1 amide bonds. The van der Waals surface area contributed by atoms with Crippen molar-refractivity contribution < 1.29 is 28.5 Å². The van der Waals surface area contributed by atoms with Crippen LogP contribution in [0.4, 0.5) is 0 Å². The van der Waals surface area contributed by atoms with E-state index in [1.54, 1.807) is 67.3 Å². The first-order valence-corrected chi connectivity index (χ1v) is 10.7. The summed E-state index contributed by atoms with van der Waals surface area (Å²) >= 11 is 0. The van der Waals surface area contributed by atoms with Crippen LogP contribution in [0.25, 0.3) is 17.0 Å². The Morgan fingerprint density at radius 2 is 1.74 bits per heavy atom. The lowest BCUT2D eigenvalue weighted by Crippen LogP contribution is -2.28. The Morgan fingerprint density at radius 1 is 0.914 bits per heavy atom. The number of benzene rings is 2. The summed E-state index contributed by atoms with van der Waals surface area (Å²) in [7, 11) is 6.16. The Hall–Kier alpha value is -4.54. The van der Waals surface area contributed by atoms with Crippen LogP contribution in [0.15, 0.2) is 48.5 Å². The molecule has 0 bridgehead atoms. The number of ether oxygens (including phenoxy) is 5. The van der Waals surface area contributed by atoms with Crippen LogP contribution < -0.4 is 29.0 Å². The number of nitrogens with zero attached hydrogens (tertiary/aromatic N) is 4. The third-order valence-electron chi connectivity index (χ3n) is 5.17. The smallest absolute Gasteiger partial charge is 0.255 e. The van der Waals surface area contributed by atoms with Gasteiger partial charge in [-0.15, -0.1) is 15.3 Å². The second kappa shape index (κ2) is 10.6. The molecule has 2 aromatic heterocycles. The molecule has 182 valence electrons. The van der Waals surface area contributed by atoms with Crippen molar-refractivity contribution >= 4 is 11.6 Å². The molecule has 0 aliphatic carbocycles. The normalized spacial score (nSPS) is 10.6. The van der Waals surface area contributed by atoms with Crippen LogP contribution in [0.3, 0.4) is 0 Å². The van der Waals surface area contributed by atoms with E-state index in [0.29, 0.717) is 51.5 Å². The van der Waals surface area contributed by atoms with E-state index in [-0.39, 0.29) is 19.1 Å². The predicted molar refractivity (Wildman–Crippen MR) is 127 cm³/mol. The summed E-state index contributed by atoms with van der Waals surface area (Å²) in [6, 6.07) is 13.9. The third-order valence-corrected chi connectivity index (χ3v) is 5.17. The van der Waals surface area contributed by atoms with Crippen LogP contribution in [0, 0.1) is 0 Å². The van der Waals surface area contributed by atoms with Crippen molar-refractivity contribution in [2.24, 2.45) is 0 Å². The van der Waals surface area contributed by atoms with Gasteiger partial charge in [0.2, 0.25) is 5.88 Å². The number of methoxy groups -OCH3 is 4. The quantitative estimate of drug-likeness (QED) is 0.342. The number of hydrogen-bond donors (Lipinski definition) is 1. The molecule has 0 atom stereocenters. The number of hydrogen-bond acceptors (Lipinski definition) is 9. The number of nitrogens with one attached hydrogen (secondary N) is 1. The molecular formula is C24H25N5O6. The van der Waals surface area contributed by atoms with Crippen molar-refractivity contribution in [2.45, 2.75) is 0 Å². The first-order chi connectivity index (χ1) is 17.1. The number of aromatic nitrogens is 4. The summed E-state index contributed by atoms with van der Waals surface area (Å²) in [5, 5.41) is 15.7. The van der Waals surface area contributed by atoms with Gasteiger partial charge in [0.1, 0.15) is 18.1 Å². The average molecular weight is 479 g/mol. The van der Waals surface area contributed by atoms with Crippen LogP contribution in [0.1, 0.15) is 10.4 Å². The van der Waals surface area contributed by atoms with Gasteiger partial charge >= 0.3 is 0 Å². The van der Waals surface area contributed by atoms with Crippen LogP contribution in [-0.4, -0.2) is 67.3 Å². The van der Waals surface area contributed by atoms with E-state index in [1.165, 1.54) is 14.2 Å². The van der Waals surface area contributed by atoms with E-state index >= 15 is 0 Å². The number of carbonyl (C=O) groups is 1. The lowest BCUT2D eigenvalue weighted by atomic mass is 10.1. The zero-order valence-corrected chi connectivity index (χ0v) is 19.8. The van der Waals surface area contributed by atoms with Gasteiger partial charge in [-0.2, -0.15) is 4.52 Å². The van der Waals surface area contributed by atoms with Crippen molar-refractivity contribution in [1.29, 1.82) is 0 Å². The number of para-hydroxylation sites is 1. The highest BCUT2D eigenvalue weighted by molar-refractivity contribution is 5.97. The highest BCUT2D eigenvalue weighted by Gasteiger charge is 2.17. The maximum absolute atomic E-state index is 12.6. The van der Waals surface area contributed by atoms with Crippen molar-refractivity contribution in [3.63, 3.8) is 0 Å². The molecule has 0 radical (unpaired) electrons. The van der Waals surface area contributed by atoms with Crippen LogP contribution in [0.5, 0.6) is 28.9 Å². The Labute approximate surface area is 201 Å². The van der Waals surface area contributed by atoms with Gasteiger partial charge in [-0.25, -0.2) is 0 Å². The molecule has 2 heterocycles. The molecule has 1 N–H and O–H groups in total. The molecule has 0 aliphatic rings. The van der Waals surface area contributed by atoms with Crippen LogP contribution >= 0.6 is 0 Å². The largest absolute Gasteiger partial charge is 0.497 e. The van der Waals surface area contributed by atoms with Crippen molar-refractivity contribution in [1.82, 2.24) is 25.1 Å². The lowest BCUT2D eigenvalue weighted by molar-refractivity contribution is 0.0942. The molecule has 4 aromatic rings. The van der Waals surface area contributed by atoms with E-state index < -0.39 is 0 Å². The first kappa shape index (κ1) is 23.6. The molecule has 0 saturated carbocycles. The van der Waals surface area contributed by atoms with Gasteiger partial charge in [0.15, 0.2) is 23.0 Å². The highest BCUT2D eigenvalue weighted by Crippen LogP contribution is 2.33. The van der Waals surface area contributed by atoms with E-state index in [2.05, 4.69) is 20.6 Å². The summed E-state index contributed by atoms with van der Waals surface area (Å²) in [4.78, 5) is 12.6. The van der Waals surface area contributed by atoms with Crippen molar-refractivity contribution in [2.75, 3.05) is 41.6 Å². The Kier molecular flexibility index (Phi) is 7.15. The fraction of sp³-hybridized carbons (Fsp3) is 0.250. The van der Waals surface area contributed by atoms with Crippen molar-refractivity contribution in [3.05, 3.63) is 54.1 Å². The monoisotopic (exact) mass is 479 g/mol. The van der Waals surface area contributed by atoms with Gasteiger partial charge in [-0.1, -0.05) is 6.07 Å². The topological polar surface area (TPSA) is 118 Å². The van der Waals surface area contributed by atoms with E-state index in [9.17, 15) is 4.79 Å². The molecule has 4 rings (SSSR count). The molecule has 0 fully saturated rings. The predicted octanol–water partition coefficient (Wildman–Crippen LogP) is 2.63. The minimum Gasteiger partial charge on any atom is -0.497 e. The third kappa shape index (κ3) is 4.88. The Morgan fingerprint density at radius 3 is 2.49 bits per heavy atom. The average Bonchev–Trinajstić information content (AvgIpc) is 3.33. The number of carbonyl (C=O) groups excluding carboxylic acids is 1. The fourth-order valence-corrected chi connectivity index (χ4v) is 3.49. The molecule has 0 unspecified atom stereocenters. The minimum atomic E-state index is -0.307. The van der Waals surface area contributed by atoms with Gasteiger partial charge in [-0.05, 0) is 36.4 Å². The van der Waals surface area contributed by atoms with Crippen molar-refractivity contribution in [3.8, 4) is 40.3 Å². The zero-order chi connectivity index (χ0) is 24.8. The number of amides is 1. The SMILES string of the molecule is COc1ccc(OC)c(-c2nnc3ccc(OCCNC(=O)c4cccc(OC)c4OC)nn23)c1. The highest BCUT2D eigenvalue weighted by atomic mass is 16.5. The summed E-state index contributed by atoms with van der Waals surface area (Å²) < 4.78 is 28.7. The Balaban J connectivity index is 1.46. The zero-order valence-electron chi connectivity index (χ0n) is 19.8. The lowest BCUT2D eigenvalue weighted by Gasteiger charge is -2.13. The summed E-state index contributed by atoms with van der Waals surface area (Å²) in [5.41, 5.74) is 1.58. The number of rotatable bonds is 10. The minimum absolute atomic E-state index is 0.191. The molecule has 35 heavy (non-hydrogen) atoms. The van der Waals surface area contributed by atoms with Gasteiger partial charge < -0.3 is 29.0 Å². The molecule has 0 aliphatic heterocycles. The molecule has 0 spiro atoms. The van der Waals surface area contributed by atoms with E-state index in [4.69, 9.17) is 23.7 Å². The molecule has 11 heteroatoms. The van der Waals surface area contributed by atoms with Gasteiger partial charge in [-0.3, -0.25) is 4.79 Å². The van der Waals surface area contributed by atoms with Gasteiger partial charge in [0.25, 0.3) is 5.91 Å². The maximum atomic E-state index is 12.6. The number of fused-ring (bicyclic) bond motifs is 1. The summed E-state index contributed by atoms with van der Waals surface area (Å²) in [6.07, 6.45) is 0. The van der Waals surface area contributed by atoms with Crippen LogP contribution in [0.2, 0.25) is 0 Å². The first-order valence-electron chi connectivity index (χ1n) is 10.7. The summed E-state index contributed by atoms with van der Waals surface area (Å²) in [6.45, 7) is 0.439. The molecular weight excluding hydrogens is 454 g/mol. The van der Waals surface area contributed by atoms with E-state index in [1.807, 2.05) is 0 Å². The standard InChI is InChI=1S/C24H25N5O6/c1-31-15-8-9-18(32-2)17(14-15)23-27-26-20-10-11-21(28-29(20)23)35-13-12-25-24(30)16-6-5-7-19(33-3)22(16)34-4/h5-11,14H,12-13H2,1-4H3,(H,25,30). The Bertz CT molecular complexity index is 1340. The fourth-order valence-electron chi connectivity index (χ4n) is 3.49. The molecule has 2 aromatic carbocycles. The van der Waals surface area contributed by atoms with Gasteiger partial charge in [0, 0.05) is 6.07 Å².